The molecule has 1 rings (SSSR count). The molecular weight excluding hydrogens is 260 g/mol. The molecule has 0 fully saturated rings. The lowest BCUT2D eigenvalue weighted by Gasteiger charge is -2.04. The van der Waals surface area contributed by atoms with Crippen LogP contribution in [0.15, 0.2) is 24.3 Å². The van der Waals surface area contributed by atoms with E-state index < -0.39 is 0 Å². The van der Waals surface area contributed by atoms with Crippen LogP contribution in [0.1, 0.15) is 12.5 Å². The van der Waals surface area contributed by atoms with Gasteiger partial charge in [-0.15, -0.1) is 0 Å². The quantitative estimate of drug-likeness (QED) is 0.611. The molecule has 3 nitrogen and oxygen atoms in total. The maximum absolute atomic E-state index is 11.2. The van der Waals surface area contributed by atoms with Crippen LogP contribution in [-0.2, 0) is 16.0 Å². The summed E-state index contributed by atoms with van der Waals surface area (Å²) in [7, 11) is 0. The SMILES string of the molecule is CCOC(=O)Cc1ccc(OCBr)cc1. The lowest BCUT2D eigenvalue weighted by Crippen LogP contribution is -2.07. The van der Waals surface area contributed by atoms with E-state index in [0.717, 1.165) is 11.3 Å². The van der Waals surface area contributed by atoms with Crippen molar-refractivity contribution >= 4 is 21.9 Å². The molecule has 0 heterocycles. The summed E-state index contributed by atoms with van der Waals surface area (Å²) >= 11 is 3.17. The van der Waals surface area contributed by atoms with Gasteiger partial charge in [0.15, 0.2) is 0 Å². The van der Waals surface area contributed by atoms with Crippen LogP contribution in [0, 0.1) is 0 Å². The van der Waals surface area contributed by atoms with Gasteiger partial charge in [0.25, 0.3) is 0 Å². The standard InChI is InChI=1S/C11H13BrO3/c1-2-14-11(13)7-9-3-5-10(6-4-9)15-8-12/h3-6H,2,7-8H2,1H3. The van der Waals surface area contributed by atoms with E-state index in [2.05, 4.69) is 15.9 Å². The molecule has 0 unspecified atom stereocenters. The molecule has 0 aliphatic rings. The zero-order chi connectivity index (χ0) is 11.1. The fourth-order valence-corrected chi connectivity index (χ4v) is 1.41. The number of carbonyl (C=O) groups is 1. The maximum Gasteiger partial charge on any atom is 0.310 e. The fraction of sp³-hybridized carbons (Fsp3) is 0.364. The molecule has 0 spiro atoms. The second-order valence-electron chi connectivity index (χ2n) is 2.88. The van der Waals surface area contributed by atoms with Crippen molar-refractivity contribution in [3.05, 3.63) is 29.8 Å². The Bertz CT molecular complexity index is 308. The van der Waals surface area contributed by atoms with Crippen LogP contribution in [0.5, 0.6) is 5.75 Å². The Hall–Kier alpha value is -1.03. The van der Waals surface area contributed by atoms with Crippen molar-refractivity contribution in [2.24, 2.45) is 0 Å². The van der Waals surface area contributed by atoms with Crippen molar-refractivity contribution in [2.75, 3.05) is 12.1 Å². The molecule has 0 radical (unpaired) electrons. The molecule has 0 aliphatic carbocycles. The van der Waals surface area contributed by atoms with Gasteiger partial charge in [-0.3, -0.25) is 4.79 Å². The van der Waals surface area contributed by atoms with E-state index >= 15 is 0 Å². The highest BCUT2D eigenvalue weighted by Gasteiger charge is 2.03. The Morgan fingerprint density at radius 3 is 2.53 bits per heavy atom. The van der Waals surface area contributed by atoms with Gasteiger partial charge < -0.3 is 9.47 Å². The first-order valence-corrected chi connectivity index (χ1v) is 5.81. The summed E-state index contributed by atoms with van der Waals surface area (Å²) in [5, 5.41) is 0. The zero-order valence-corrected chi connectivity index (χ0v) is 10.1. The van der Waals surface area contributed by atoms with Crippen molar-refractivity contribution in [1.29, 1.82) is 0 Å². The summed E-state index contributed by atoms with van der Waals surface area (Å²) in [6.45, 7) is 2.22. The molecule has 1 aromatic rings. The second kappa shape index (κ2) is 6.45. The van der Waals surface area contributed by atoms with Gasteiger partial charge in [-0.05, 0) is 40.5 Å². The summed E-state index contributed by atoms with van der Waals surface area (Å²) < 4.78 is 10.1. The van der Waals surface area contributed by atoms with Gasteiger partial charge in [0.05, 0.1) is 13.0 Å². The number of benzene rings is 1. The normalized spacial score (nSPS) is 9.73. The van der Waals surface area contributed by atoms with Gasteiger partial charge in [-0.25, -0.2) is 0 Å². The van der Waals surface area contributed by atoms with Gasteiger partial charge in [-0.1, -0.05) is 12.1 Å². The molecule has 15 heavy (non-hydrogen) atoms. The number of rotatable bonds is 5. The Balaban J connectivity index is 2.52. The van der Waals surface area contributed by atoms with Gasteiger partial charge in [-0.2, -0.15) is 0 Å². The van der Waals surface area contributed by atoms with Crippen molar-refractivity contribution in [1.82, 2.24) is 0 Å². The summed E-state index contributed by atoms with van der Waals surface area (Å²) in [6.07, 6.45) is 0.308. The molecule has 4 heteroatoms. The van der Waals surface area contributed by atoms with E-state index in [-0.39, 0.29) is 5.97 Å². The number of halogens is 1. The Morgan fingerprint density at radius 1 is 1.33 bits per heavy atom. The third-order valence-electron chi connectivity index (χ3n) is 1.80. The van der Waals surface area contributed by atoms with Crippen LogP contribution in [-0.4, -0.2) is 18.1 Å². The monoisotopic (exact) mass is 272 g/mol. The molecule has 0 aliphatic heterocycles. The summed E-state index contributed by atoms with van der Waals surface area (Å²) in [6, 6.07) is 7.37. The molecule has 1 aromatic carbocycles. The zero-order valence-electron chi connectivity index (χ0n) is 8.53. The predicted molar refractivity (Wildman–Crippen MR) is 61.2 cm³/mol. The molecule has 82 valence electrons. The van der Waals surface area contributed by atoms with Crippen LogP contribution in [0.2, 0.25) is 0 Å². The molecule has 0 saturated carbocycles. The van der Waals surface area contributed by atoms with Gasteiger partial charge >= 0.3 is 5.97 Å². The molecular formula is C11H13BrO3. The number of ether oxygens (including phenoxy) is 2. The first kappa shape index (κ1) is 12.0. The van der Waals surface area contributed by atoms with E-state index in [0.29, 0.717) is 18.5 Å². The summed E-state index contributed by atoms with van der Waals surface area (Å²) in [5.41, 5.74) is 1.39. The number of hydrogen-bond acceptors (Lipinski definition) is 3. The van der Waals surface area contributed by atoms with E-state index in [1.165, 1.54) is 0 Å². The van der Waals surface area contributed by atoms with Crippen molar-refractivity contribution < 1.29 is 14.3 Å². The molecule has 0 amide bonds. The average Bonchev–Trinajstić information content (AvgIpc) is 2.22. The van der Waals surface area contributed by atoms with Crippen LogP contribution < -0.4 is 4.74 Å². The number of alkyl halides is 1. The Kier molecular flexibility index (Phi) is 5.18. The summed E-state index contributed by atoms with van der Waals surface area (Å²) in [4.78, 5) is 11.2. The first-order valence-electron chi connectivity index (χ1n) is 4.69. The molecule has 0 bridgehead atoms. The van der Waals surface area contributed by atoms with Crippen LogP contribution in [0.3, 0.4) is 0 Å². The highest BCUT2D eigenvalue weighted by molar-refractivity contribution is 9.09. The molecule has 0 saturated heterocycles. The van der Waals surface area contributed by atoms with Gasteiger partial charge in [0, 0.05) is 0 Å². The minimum absolute atomic E-state index is 0.202. The second-order valence-corrected chi connectivity index (χ2v) is 3.34. The molecule has 0 atom stereocenters. The molecule has 0 aromatic heterocycles. The van der Waals surface area contributed by atoms with Crippen LogP contribution in [0.4, 0.5) is 0 Å². The Labute approximate surface area is 97.5 Å². The fourth-order valence-electron chi connectivity index (χ4n) is 1.15. The predicted octanol–water partition coefficient (Wildman–Crippen LogP) is 2.52. The average molecular weight is 273 g/mol. The third kappa shape index (κ3) is 4.34. The van der Waals surface area contributed by atoms with Crippen molar-refractivity contribution in [3.63, 3.8) is 0 Å². The van der Waals surface area contributed by atoms with Crippen LogP contribution >= 0.6 is 15.9 Å². The van der Waals surface area contributed by atoms with E-state index in [1.807, 2.05) is 24.3 Å². The molecule has 0 N–H and O–H groups in total. The third-order valence-corrected chi connectivity index (χ3v) is 2.03. The lowest BCUT2D eigenvalue weighted by molar-refractivity contribution is -0.142. The first-order chi connectivity index (χ1) is 7.26. The van der Waals surface area contributed by atoms with E-state index in [1.54, 1.807) is 6.92 Å². The highest BCUT2D eigenvalue weighted by Crippen LogP contribution is 2.13. The number of hydrogen-bond donors (Lipinski definition) is 0. The van der Waals surface area contributed by atoms with E-state index in [4.69, 9.17) is 9.47 Å². The number of carbonyl (C=O) groups excluding carboxylic acids is 1. The minimum atomic E-state index is -0.202. The smallest absolute Gasteiger partial charge is 0.310 e. The minimum Gasteiger partial charge on any atom is -0.482 e. The Morgan fingerprint density at radius 2 is 2.00 bits per heavy atom. The topological polar surface area (TPSA) is 35.5 Å². The van der Waals surface area contributed by atoms with Crippen LogP contribution in [0.25, 0.3) is 0 Å². The van der Waals surface area contributed by atoms with Gasteiger partial charge in [0.1, 0.15) is 11.3 Å². The largest absolute Gasteiger partial charge is 0.482 e. The van der Waals surface area contributed by atoms with Gasteiger partial charge in [0.2, 0.25) is 0 Å². The number of esters is 1. The maximum atomic E-state index is 11.2. The van der Waals surface area contributed by atoms with E-state index in [9.17, 15) is 4.79 Å². The van der Waals surface area contributed by atoms with Crippen molar-refractivity contribution in [3.8, 4) is 5.75 Å². The highest BCUT2D eigenvalue weighted by atomic mass is 79.9. The van der Waals surface area contributed by atoms with Crippen molar-refractivity contribution in [2.45, 2.75) is 13.3 Å². The lowest BCUT2D eigenvalue weighted by atomic mass is 10.1. The summed E-state index contributed by atoms with van der Waals surface area (Å²) in [5.74, 6) is 0.575.